The average Bonchev–Trinajstić information content (AvgIpc) is 2.75. The fourth-order valence-corrected chi connectivity index (χ4v) is 5.59. The molecule has 0 spiro atoms. The molecule has 0 heterocycles. The van der Waals surface area contributed by atoms with Gasteiger partial charge < -0.3 is 9.47 Å². The minimum Gasteiger partial charge on any atom is -0.406 e. The van der Waals surface area contributed by atoms with Crippen molar-refractivity contribution in [2.24, 2.45) is 0 Å². The highest BCUT2D eigenvalue weighted by molar-refractivity contribution is 9.13. The number of anilines is 2. The SMILES string of the molecule is O=S(=O)(Nc1cc(Br)c(Br)cc1NS(=O)(=O)c1ccc(OC(F)(F)F)cc1)c1ccc(OC(F)(F)F)cc1. The zero-order chi connectivity index (χ0) is 28.5. The summed E-state index contributed by atoms with van der Waals surface area (Å²) in [6, 6.07) is 8.84. The Morgan fingerprint density at radius 3 is 1.13 bits per heavy atom. The normalized spacial score (nSPS) is 12.6. The topological polar surface area (TPSA) is 111 Å². The highest BCUT2D eigenvalue weighted by atomic mass is 79.9. The van der Waals surface area contributed by atoms with Gasteiger partial charge in [0, 0.05) is 8.95 Å². The molecule has 0 radical (unpaired) electrons. The highest BCUT2D eigenvalue weighted by Gasteiger charge is 2.32. The molecule has 0 unspecified atom stereocenters. The van der Waals surface area contributed by atoms with Gasteiger partial charge in [-0.05, 0) is 92.5 Å². The van der Waals surface area contributed by atoms with Crippen LogP contribution in [0.25, 0.3) is 0 Å². The third-order valence-corrected chi connectivity index (χ3v) is 8.89. The van der Waals surface area contributed by atoms with Gasteiger partial charge in [-0.25, -0.2) is 16.8 Å². The van der Waals surface area contributed by atoms with E-state index in [-0.39, 0.29) is 11.4 Å². The molecule has 8 nitrogen and oxygen atoms in total. The van der Waals surface area contributed by atoms with Crippen molar-refractivity contribution in [3.8, 4) is 11.5 Å². The first-order valence-corrected chi connectivity index (χ1v) is 14.2. The van der Waals surface area contributed by atoms with Crippen LogP contribution >= 0.6 is 31.9 Å². The smallest absolute Gasteiger partial charge is 0.406 e. The first-order chi connectivity index (χ1) is 17.3. The van der Waals surface area contributed by atoms with Crippen molar-refractivity contribution in [2.75, 3.05) is 9.44 Å². The van der Waals surface area contributed by atoms with Gasteiger partial charge in [0.15, 0.2) is 0 Å². The van der Waals surface area contributed by atoms with Crippen LogP contribution in [-0.2, 0) is 20.0 Å². The van der Waals surface area contributed by atoms with E-state index in [2.05, 4.69) is 50.8 Å². The van der Waals surface area contributed by atoms with Crippen LogP contribution in [0.1, 0.15) is 0 Å². The Morgan fingerprint density at radius 2 is 0.868 bits per heavy atom. The van der Waals surface area contributed by atoms with Crippen molar-refractivity contribution in [2.45, 2.75) is 22.5 Å². The summed E-state index contributed by atoms with van der Waals surface area (Å²) in [5, 5.41) is 0. The third kappa shape index (κ3) is 8.15. The van der Waals surface area contributed by atoms with Crippen molar-refractivity contribution in [1.82, 2.24) is 0 Å². The van der Waals surface area contributed by atoms with Gasteiger partial charge in [0.2, 0.25) is 0 Å². The Balaban J connectivity index is 1.90. The van der Waals surface area contributed by atoms with Crippen molar-refractivity contribution in [3.05, 3.63) is 69.6 Å². The number of nitrogens with one attached hydrogen (secondary N) is 2. The van der Waals surface area contributed by atoms with Gasteiger partial charge in [-0.2, -0.15) is 0 Å². The molecule has 206 valence electrons. The zero-order valence-electron chi connectivity index (χ0n) is 18.1. The van der Waals surface area contributed by atoms with Crippen molar-refractivity contribution >= 4 is 63.3 Å². The molecular formula is C20H12Br2F6N2O6S2. The molecule has 18 heteroatoms. The van der Waals surface area contributed by atoms with Crippen molar-refractivity contribution < 1.29 is 52.7 Å². The monoisotopic (exact) mass is 712 g/mol. The molecule has 2 N–H and O–H groups in total. The number of benzene rings is 3. The Hall–Kier alpha value is -2.70. The molecule has 3 rings (SSSR count). The van der Waals surface area contributed by atoms with Crippen LogP contribution in [0, 0.1) is 0 Å². The summed E-state index contributed by atoms with van der Waals surface area (Å²) in [6.45, 7) is 0. The third-order valence-electron chi connectivity index (χ3n) is 4.28. The second-order valence-corrected chi connectivity index (χ2v) is 12.1. The fraction of sp³-hybridized carbons (Fsp3) is 0.100. The Labute approximate surface area is 228 Å². The maximum absolute atomic E-state index is 12.8. The number of hydrogen-bond acceptors (Lipinski definition) is 6. The molecule has 38 heavy (non-hydrogen) atoms. The van der Waals surface area contributed by atoms with Crippen LogP contribution in [0.3, 0.4) is 0 Å². The number of alkyl halides is 6. The predicted octanol–water partition coefficient (Wildman–Crippen LogP) is 6.61. The van der Waals surface area contributed by atoms with Crippen LogP contribution in [-0.4, -0.2) is 29.6 Å². The van der Waals surface area contributed by atoms with Gasteiger partial charge in [-0.1, -0.05) is 0 Å². The van der Waals surface area contributed by atoms with E-state index in [4.69, 9.17) is 0 Å². The van der Waals surface area contributed by atoms with E-state index in [1.807, 2.05) is 0 Å². The summed E-state index contributed by atoms with van der Waals surface area (Å²) in [6.07, 6.45) is -9.97. The number of rotatable bonds is 8. The van der Waals surface area contributed by atoms with Crippen LogP contribution in [0.5, 0.6) is 11.5 Å². The Kier molecular flexibility index (Phi) is 8.50. The maximum atomic E-state index is 12.8. The molecule has 3 aromatic rings. The molecule has 0 aromatic heterocycles. The molecule has 0 saturated carbocycles. The fourth-order valence-electron chi connectivity index (χ4n) is 2.76. The minimum atomic E-state index is -4.99. The van der Waals surface area contributed by atoms with E-state index in [0.29, 0.717) is 8.95 Å². The van der Waals surface area contributed by atoms with Crippen LogP contribution < -0.4 is 18.9 Å². The lowest BCUT2D eigenvalue weighted by Gasteiger charge is -2.16. The van der Waals surface area contributed by atoms with Crippen LogP contribution in [0.15, 0.2) is 79.4 Å². The van der Waals surface area contributed by atoms with E-state index >= 15 is 0 Å². The maximum Gasteiger partial charge on any atom is 0.573 e. The predicted molar refractivity (Wildman–Crippen MR) is 130 cm³/mol. The molecule has 0 aliphatic heterocycles. The second kappa shape index (κ2) is 10.8. The van der Waals surface area contributed by atoms with E-state index < -0.39 is 54.1 Å². The molecule has 0 fully saturated rings. The second-order valence-electron chi connectivity index (χ2n) is 7.06. The molecule has 0 aliphatic rings. The Morgan fingerprint density at radius 1 is 0.579 bits per heavy atom. The highest BCUT2D eigenvalue weighted by Crippen LogP contribution is 2.36. The largest absolute Gasteiger partial charge is 0.573 e. The van der Waals surface area contributed by atoms with Gasteiger partial charge in [0.05, 0.1) is 21.2 Å². The number of sulfonamides is 2. The standard InChI is InChI=1S/C20H12Br2F6N2O6S2/c21-15-9-17(29-37(31,32)13-5-1-11(2-6-13)35-19(23,24)25)18(10-16(15)22)30-38(33,34)14-7-3-12(4-8-14)36-20(26,27)28/h1-10,29-30H. The molecule has 0 aliphatic carbocycles. The van der Waals surface area contributed by atoms with E-state index in [1.54, 1.807) is 0 Å². The zero-order valence-corrected chi connectivity index (χ0v) is 22.9. The molecule has 0 amide bonds. The first-order valence-electron chi connectivity index (χ1n) is 9.61. The lowest BCUT2D eigenvalue weighted by Crippen LogP contribution is -2.19. The number of ether oxygens (including phenoxy) is 2. The van der Waals surface area contributed by atoms with Crippen molar-refractivity contribution in [3.63, 3.8) is 0 Å². The van der Waals surface area contributed by atoms with E-state index in [9.17, 15) is 43.2 Å². The van der Waals surface area contributed by atoms with Gasteiger partial charge in [-0.15, -0.1) is 26.3 Å². The summed E-state index contributed by atoms with van der Waals surface area (Å²) in [5.74, 6) is -1.33. The average molecular weight is 714 g/mol. The Bertz CT molecular complexity index is 1410. The summed E-state index contributed by atoms with van der Waals surface area (Å²) >= 11 is 6.30. The quantitative estimate of drug-likeness (QED) is 0.254. The summed E-state index contributed by atoms with van der Waals surface area (Å²) in [5.41, 5.74) is -0.590. The first kappa shape index (κ1) is 29.9. The molecule has 0 atom stereocenters. The van der Waals surface area contributed by atoms with Gasteiger partial charge in [0.1, 0.15) is 11.5 Å². The summed E-state index contributed by atoms with van der Waals surface area (Å²) in [4.78, 5) is -0.944. The van der Waals surface area contributed by atoms with Gasteiger partial charge >= 0.3 is 12.7 Å². The molecular weight excluding hydrogens is 702 g/mol. The summed E-state index contributed by atoms with van der Waals surface area (Å²) in [7, 11) is -8.90. The molecule has 3 aromatic carbocycles. The number of halogens is 8. The molecule has 0 bridgehead atoms. The van der Waals surface area contributed by atoms with Gasteiger partial charge in [-0.3, -0.25) is 9.44 Å². The van der Waals surface area contributed by atoms with Crippen LogP contribution in [0.4, 0.5) is 37.7 Å². The minimum absolute atomic E-state index is 0.292. The van der Waals surface area contributed by atoms with Crippen LogP contribution in [0.2, 0.25) is 0 Å². The van der Waals surface area contributed by atoms with E-state index in [0.717, 1.165) is 48.5 Å². The molecule has 0 saturated heterocycles. The lowest BCUT2D eigenvalue weighted by atomic mass is 10.3. The van der Waals surface area contributed by atoms with Gasteiger partial charge in [0.25, 0.3) is 20.0 Å². The number of hydrogen-bond donors (Lipinski definition) is 2. The summed E-state index contributed by atoms with van der Waals surface area (Å²) < 4.78 is 138. The van der Waals surface area contributed by atoms with Crippen molar-refractivity contribution in [1.29, 1.82) is 0 Å². The lowest BCUT2D eigenvalue weighted by molar-refractivity contribution is -0.275. The van der Waals surface area contributed by atoms with E-state index in [1.165, 1.54) is 12.1 Å².